The fourth-order valence-electron chi connectivity index (χ4n) is 3.26. The number of methoxy groups -OCH3 is 2. The number of carbonyl (C=O) groups excluding carboxylic acids is 1. The average Bonchev–Trinajstić information content (AvgIpc) is 3.64. The monoisotopic (exact) mass is 489 g/mol. The lowest BCUT2D eigenvalue weighted by atomic mass is 10.1. The highest BCUT2D eigenvalue weighted by Crippen LogP contribution is 2.33. The van der Waals surface area contributed by atoms with E-state index >= 15 is 0 Å². The first kappa shape index (κ1) is 22.3. The summed E-state index contributed by atoms with van der Waals surface area (Å²) in [6.07, 6.45) is 0. The maximum Gasteiger partial charge on any atom is 0.279 e. The van der Waals surface area contributed by atoms with Crippen LogP contribution in [0.2, 0.25) is 0 Å². The second-order valence-corrected chi connectivity index (χ2v) is 8.34. The minimum atomic E-state index is -0.446. The molecule has 10 nitrogen and oxygen atoms in total. The third kappa shape index (κ3) is 4.62. The Balaban J connectivity index is 1.30. The van der Waals surface area contributed by atoms with E-state index in [1.807, 2.05) is 36.4 Å². The Labute approximate surface area is 203 Å². The molecule has 0 aliphatic carbocycles. The van der Waals surface area contributed by atoms with Gasteiger partial charge in [0.2, 0.25) is 5.82 Å². The number of benzene rings is 2. The van der Waals surface area contributed by atoms with E-state index in [0.717, 1.165) is 22.6 Å². The molecule has 3 aromatic heterocycles. The molecular weight excluding hydrogens is 470 g/mol. The zero-order chi connectivity index (χ0) is 24.4. The lowest BCUT2D eigenvalue weighted by Gasteiger charge is -1.99. The van der Waals surface area contributed by atoms with Crippen LogP contribution in [0.4, 0.5) is 5.13 Å². The van der Waals surface area contributed by atoms with Gasteiger partial charge in [-0.3, -0.25) is 10.1 Å². The molecule has 0 radical (unpaired) electrons. The van der Waals surface area contributed by atoms with Gasteiger partial charge in [-0.1, -0.05) is 21.7 Å². The van der Waals surface area contributed by atoms with Gasteiger partial charge in [0.1, 0.15) is 16.4 Å². The summed E-state index contributed by atoms with van der Waals surface area (Å²) < 4.78 is 21.1. The summed E-state index contributed by atoms with van der Waals surface area (Å²) in [5, 5.41) is 11.1. The normalized spacial score (nSPS) is 10.8. The quantitative estimate of drug-likeness (QED) is 0.332. The lowest BCUT2D eigenvalue weighted by molar-refractivity contribution is 0.101. The van der Waals surface area contributed by atoms with E-state index in [9.17, 15) is 4.79 Å². The van der Waals surface area contributed by atoms with Gasteiger partial charge in [-0.25, -0.2) is 4.98 Å². The fourth-order valence-corrected chi connectivity index (χ4v) is 4.14. The molecule has 35 heavy (non-hydrogen) atoms. The molecule has 0 spiro atoms. The fraction of sp³-hybridized carbons (Fsp3) is 0.125. The first-order valence-electron chi connectivity index (χ1n) is 10.4. The van der Waals surface area contributed by atoms with Crippen molar-refractivity contribution < 1.29 is 23.3 Å². The standard InChI is InChI=1S/C24H19N5O5S/c1-13-20(23-26-21(29-34-23)15-6-10-17(32-3)11-7-15)35-24(25-13)27-22(30)18-12-19(33-28-18)14-4-8-16(31-2)9-5-14/h4-12H,1-3H3,(H,25,27,30). The number of nitrogens with one attached hydrogen (secondary N) is 1. The molecule has 2 aromatic carbocycles. The lowest BCUT2D eigenvalue weighted by Crippen LogP contribution is -2.11. The number of nitrogens with zero attached hydrogens (tertiary/aromatic N) is 4. The average molecular weight is 490 g/mol. The molecule has 0 fully saturated rings. The maximum atomic E-state index is 12.7. The van der Waals surface area contributed by atoms with Gasteiger partial charge < -0.3 is 18.5 Å². The highest BCUT2D eigenvalue weighted by molar-refractivity contribution is 7.19. The molecule has 0 aliphatic heterocycles. The number of carbonyl (C=O) groups is 1. The highest BCUT2D eigenvalue weighted by atomic mass is 32.1. The van der Waals surface area contributed by atoms with Crippen LogP contribution < -0.4 is 14.8 Å². The van der Waals surface area contributed by atoms with Gasteiger partial charge in [-0.05, 0) is 55.5 Å². The van der Waals surface area contributed by atoms with Crippen molar-refractivity contribution in [3.05, 3.63) is 66.0 Å². The predicted octanol–water partition coefficient (Wildman–Crippen LogP) is 5.09. The Morgan fingerprint density at radius 3 is 2.20 bits per heavy atom. The van der Waals surface area contributed by atoms with Crippen LogP contribution in [0.1, 0.15) is 16.2 Å². The summed E-state index contributed by atoms with van der Waals surface area (Å²) in [5.41, 5.74) is 2.34. The molecule has 0 unspecified atom stereocenters. The molecule has 11 heteroatoms. The van der Waals surface area contributed by atoms with E-state index in [4.69, 9.17) is 18.5 Å². The van der Waals surface area contributed by atoms with Crippen LogP contribution in [0, 0.1) is 6.92 Å². The molecule has 1 N–H and O–H groups in total. The summed E-state index contributed by atoms with van der Waals surface area (Å²) >= 11 is 1.23. The van der Waals surface area contributed by atoms with E-state index in [2.05, 4.69) is 25.6 Å². The summed E-state index contributed by atoms with van der Waals surface area (Å²) in [6.45, 7) is 1.80. The number of amides is 1. The third-order valence-corrected chi connectivity index (χ3v) is 6.16. The molecule has 3 heterocycles. The maximum absolute atomic E-state index is 12.7. The molecule has 0 atom stereocenters. The van der Waals surface area contributed by atoms with Crippen molar-refractivity contribution in [1.82, 2.24) is 20.3 Å². The van der Waals surface area contributed by atoms with Crippen molar-refractivity contribution in [2.24, 2.45) is 0 Å². The van der Waals surface area contributed by atoms with Crippen LogP contribution in [-0.2, 0) is 0 Å². The number of hydrogen-bond acceptors (Lipinski definition) is 10. The van der Waals surface area contributed by atoms with Gasteiger partial charge in [0, 0.05) is 17.2 Å². The summed E-state index contributed by atoms with van der Waals surface area (Å²) in [6, 6.07) is 16.1. The summed E-state index contributed by atoms with van der Waals surface area (Å²) in [5.74, 6) is 2.23. The van der Waals surface area contributed by atoms with Gasteiger partial charge in [0.15, 0.2) is 16.6 Å². The van der Waals surface area contributed by atoms with E-state index < -0.39 is 5.91 Å². The second kappa shape index (κ2) is 9.39. The molecule has 0 saturated heterocycles. The number of hydrogen-bond donors (Lipinski definition) is 1. The second-order valence-electron chi connectivity index (χ2n) is 7.34. The van der Waals surface area contributed by atoms with Crippen molar-refractivity contribution in [3.63, 3.8) is 0 Å². The molecule has 176 valence electrons. The Morgan fingerprint density at radius 2 is 1.54 bits per heavy atom. The Bertz CT molecular complexity index is 1470. The smallest absolute Gasteiger partial charge is 0.279 e. The SMILES string of the molecule is COc1ccc(-c2noc(-c3sc(NC(=O)c4cc(-c5ccc(OC)cc5)on4)nc3C)n2)cc1. The first-order valence-corrected chi connectivity index (χ1v) is 11.2. The molecule has 0 bridgehead atoms. The van der Waals surface area contributed by atoms with Gasteiger partial charge in [-0.2, -0.15) is 4.98 Å². The van der Waals surface area contributed by atoms with Crippen LogP contribution in [0.25, 0.3) is 33.5 Å². The summed E-state index contributed by atoms with van der Waals surface area (Å²) in [7, 11) is 3.20. The first-order chi connectivity index (χ1) is 17.0. The van der Waals surface area contributed by atoms with Gasteiger partial charge in [-0.15, -0.1) is 0 Å². The largest absolute Gasteiger partial charge is 0.497 e. The Morgan fingerprint density at radius 1 is 0.886 bits per heavy atom. The van der Waals surface area contributed by atoms with Crippen molar-refractivity contribution in [3.8, 4) is 45.0 Å². The number of aromatic nitrogens is 4. The van der Waals surface area contributed by atoms with E-state index in [1.54, 1.807) is 39.3 Å². The molecule has 1 amide bonds. The number of ether oxygens (including phenoxy) is 2. The van der Waals surface area contributed by atoms with Crippen molar-refractivity contribution in [2.75, 3.05) is 19.5 Å². The van der Waals surface area contributed by atoms with Crippen molar-refractivity contribution >= 4 is 22.4 Å². The zero-order valence-electron chi connectivity index (χ0n) is 18.9. The molecule has 5 rings (SSSR count). The molecule has 5 aromatic rings. The van der Waals surface area contributed by atoms with Crippen molar-refractivity contribution in [1.29, 1.82) is 0 Å². The van der Waals surface area contributed by atoms with Gasteiger partial charge in [0.05, 0.1) is 19.9 Å². The number of anilines is 1. The van der Waals surface area contributed by atoms with Crippen LogP contribution in [0.3, 0.4) is 0 Å². The number of rotatable bonds is 7. The zero-order valence-corrected chi connectivity index (χ0v) is 19.8. The Hall–Kier alpha value is -4.51. The minimum absolute atomic E-state index is 0.129. The summed E-state index contributed by atoms with van der Waals surface area (Å²) in [4.78, 5) is 22.2. The van der Waals surface area contributed by atoms with Crippen LogP contribution in [-0.4, -0.2) is 40.4 Å². The van der Waals surface area contributed by atoms with E-state index in [0.29, 0.717) is 33.2 Å². The number of aryl methyl sites for hydroxylation is 1. The van der Waals surface area contributed by atoms with E-state index in [1.165, 1.54) is 11.3 Å². The van der Waals surface area contributed by atoms with Crippen LogP contribution in [0.15, 0.2) is 63.6 Å². The van der Waals surface area contributed by atoms with Gasteiger partial charge in [0.25, 0.3) is 11.8 Å². The van der Waals surface area contributed by atoms with Gasteiger partial charge >= 0.3 is 0 Å². The highest BCUT2D eigenvalue weighted by Gasteiger charge is 2.20. The molecule has 0 saturated carbocycles. The Kier molecular flexibility index (Phi) is 5.98. The van der Waals surface area contributed by atoms with Crippen LogP contribution in [0.5, 0.6) is 11.5 Å². The van der Waals surface area contributed by atoms with Crippen LogP contribution >= 0.6 is 11.3 Å². The molecular formula is C24H19N5O5S. The minimum Gasteiger partial charge on any atom is -0.497 e. The topological polar surface area (TPSA) is 125 Å². The van der Waals surface area contributed by atoms with E-state index in [-0.39, 0.29) is 5.69 Å². The van der Waals surface area contributed by atoms with Crippen molar-refractivity contribution in [2.45, 2.75) is 6.92 Å². The third-order valence-electron chi connectivity index (χ3n) is 5.10. The predicted molar refractivity (Wildman–Crippen MR) is 129 cm³/mol. The molecule has 0 aliphatic rings. The number of thiazole rings is 1.